The van der Waals surface area contributed by atoms with E-state index in [2.05, 4.69) is 15.5 Å². The van der Waals surface area contributed by atoms with E-state index in [1.807, 2.05) is 30.3 Å². The molecule has 1 N–H and O–H groups in total. The van der Waals surface area contributed by atoms with Gasteiger partial charge in [0.15, 0.2) is 5.13 Å². The number of aromatic nitrogens is 1. The van der Waals surface area contributed by atoms with Crippen molar-refractivity contribution in [3.05, 3.63) is 47.5 Å². The number of amides is 1. The number of hydrogen-bond acceptors (Lipinski definition) is 5. The molecule has 6 heteroatoms. The third kappa shape index (κ3) is 2.42. The number of carbonyl (C=O) groups excluding carboxylic acids is 1. The van der Waals surface area contributed by atoms with Crippen molar-refractivity contribution in [1.82, 2.24) is 4.98 Å². The number of benzene rings is 1. The number of rotatable bonds is 3. The van der Waals surface area contributed by atoms with Crippen LogP contribution in [-0.2, 0) is 9.63 Å². The normalized spacial score (nSPS) is 21.1. The van der Waals surface area contributed by atoms with Crippen molar-refractivity contribution in [2.45, 2.75) is 18.9 Å². The van der Waals surface area contributed by atoms with E-state index in [1.54, 1.807) is 18.5 Å². The maximum Gasteiger partial charge on any atom is 0.273 e. The lowest BCUT2D eigenvalue weighted by atomic mass is 9.95. The molecule has 0 bridgehead atoms. The van der Waals surface area contributed by atoms with Gasteiger partial charge in [-0.25, -0.2) is 4.98 Å². The molecule has 102 valence electrons. The topological polar surface area (TPSA) is 63.6 Å². The summed E-state index contributed by atoms with van der Waals surface area (Å²) < 4.78 is 0. The molecule has 1 atom stereocenters. The molecule has 2 heterocycles. The van der Waals surface area contributed by atoms with E-state index in [0.29, 0.717) is 11.6 Å². The van der Waals surface area contributed by atoms with Gasteiger partial charge in [-0.1, -0.05) is 35.5 Å². The first-order chi connectivity index (χ1) is 9.67. The van der Waals surface area contributed by atoms with Gasteiger partial charge in [0.05, 0.1) is 5.71 Å². The van der Waals surface area contributed by atoms with Crippen LogP contribution in [0.4, 0.5) is 5.13 Å². The summed E-state index contributed by atoms with van der Waals surface area (Å²) in [6.45, 7) is 1.73. The summed E-state index contributed by atoms with van der Waals surface area (Å²) in [5, 5.41) is 9.16. The second-order valence-electron chi connectivity index (χ2n) is 4.69. The highest BCUT2D eigenvalue weighted by molar-refractivity contribution is 7.13. The highest BCUT2D eigenvalue weighted by Crippen LogP contribution is 2.28. The van der Waals surface area contributed by atoms with Gasteiger partial charge in [0.1, 0.15) is 0 Å². The van der Waals surface area contributed by atoms with Gasteiger partial charge in [-0.15, -0.1) is 11.3 Å². The average Bonchev–Trinajstić information content (AvgIpc) is 3.10. The molecule has 0 spiro atoms. The molecule has 5 nitrogen and oxygen atoms in total. The van der Waals surface area contributed by atoms with Crippen LogP contribution in [0.5, 0.6) is 0 Å². The SMILES string of the molecule is CC1(C(=O)Nc2nccs2)CC(c2ccccc2)=NO1. The van der Waals surface area contributed by atoms with E-state index in [1.165, 1.54) is 11.3 Å². The summed E-state index contributed by atoms with van der Waals surface area (Å²) in [6.07, 6.45) is 2.08. The Balaban J connectivity index is 1.72. The number of anilines is 1. The summed E-state index contributed by atoms with van der Waals surface area (Å²) in [6, 6.07) is 9.71. The lowest BCUT2D eigenvalue weighted by molar-refractivity contribution is -0.135. The van der Waals surface area contributed by atoms with E-state index >= 15 is 0 Å². The van der Waals surface area contributed by atoms with Crippen molar-refractivity contribution in [3.63, 3.8) is 0 Å². The quantitative estimate of drug-likeness (QED) is 0.944. The van der Waals surface area contributed by atoms with Crippen LogP contribution in [0.1, 0.15) is 18.9 Å². The molecule has 0 radical (unpaired) electrons. The van der Waals surface area contributed by atoms with Crippen LogP contribution in [0.15, 0.2) is 47.1 Å². The minimum Gasteiger partial charge on any atom is -0.379 e. The second-order valence-corrected chi connectivity index (χ2v) is 5.59. The summed E-state index contributed by atoms with van der Waals surface area (Å²) in [4.78, 5) is 21.7. The Bertz CT molecular complexity index is 640. The number of thiazole rings is 1. The number of oxime groups is 1. The van der Waals surface area contributed by atoms with E-state index in [0.717, 1.165) is 11.3 Å². The van der Waals surface area contributed by atoms with Crippen molar-refractivity contribution < 1.29 is 9.63 Å². The summed E-state index contributed by atoms with van der Waals surface area (Å²) in [5.74, 6) is -0.234. The Hall–Kier alpha value is -2.21. The van der Waals surface area contributed by atoms with Gasteiger partial charge in [0.25, 0.3) is 5.91 Å². The van der Waals surface area contributed by atoms with E-state index < -0.39 is 5.60 Å². The number of nitrogens with one attached hydrogen (secondary N) is 1. The van der Waals surface area contributed by atoms with Gasteiger partial charge in [-0.05, 0) is 12.5 Å². The third-order valence-electron chi connectivity index (χ3n) is 3.10. The van der Waals surface area contributed by atoms with Crippen molar-refractivity contribution >= 4 is 28.1 Å². The fourth-order valence-electron chi connectivity index (χ4n) is 1.96. The third-order valence-corrected chi connectivity index (χ3v) is 3.79. The first-order valence-corrected chi connectivity index (χ1v) is 7.07. The van der Waals surface area contributed by atoms with Crippen molar-refractivity contribution in [3.8, 4) is 0 Å². The van der Waals surface area contributed by atoms with Crippen LogP contribution >= 0.6 is 11.3 Å². The van der Waals surface area contributed by atoms with Crippen LogP contribution in [-0.4, -0.2) is 22.2 Å². The molecule has 1 aromatic heterocycles. The fraction of sp³-hybridized carbons (Fsp3) is 0.214. The predicted octanol–water partition coefficient (Wildman–Crippen LogP) is 2.66. The molecule has 1 aliphatic heterocycles. The lowest BCUT2D eigenvalue weighted by Gasteiger charge is -2.19. The molecule has 0 aliphatic carbocycles. The molecule has 0 saturated heterocycles. The van der Waals surface area contributed by atoms with Gasteiger partial charge >= 0.3 is 0 Å². The zero-order valence-corrected chi connectivity index (χ0v) is 11.7. The Morgan fingerprint density at radius 1 is 1.40 bits per heavy atom. The molecular weight excluding hydrogens is 274 g/mol. The molecule has 3 rings (SSSR count). The fourth-order valence-corrected chi connectivity index (χ4v) is 2.49. The Labute approximate surface area is 120 Å². The zero-order valence-electron chi connectivity index (χ0n) is 10.9. The van der Waals surface area contributed by atoms with E-state index in [4.69, 9.17) is 4.84 Å². The maximum atomic E-state index is 12.3. The van der Waals surface area contributed by atoms with Gasteiger partial charge in [-0.3, -0.25) is 10.1 Å². The second kappa shape index (κ2) is 5.05. The van der Waals surface area contributed by atoms with Crippen LogP contribution < -0.4 is 5.32 Å². The van der Waals surface area contributed by atoms with Crippen molar-refractivity contribution in [1.29, 1.82) is 0 Å². The molecule has 1 aromatic carbocycles. The first kappa shape index (κ1) is 12.8. The number of carbonyl (C=O) groups is 1. The minimum atomic E-state index is -0.989. The smallest absolute Gasteiger partial charge is 0.273 e. The van der Waals surface area contributed by atoms with Crippen LogP contribution in [0.25, 0.3) is 0 Å². The van der Waals surface area contributed by atoms with Gasteiger partial charge in [0.2, 0.25) is 5.60 Å². The lowest BCUT2D eigenvalue weighted by Crippen LogP contribution is -2.40. The molecular formula is C14H13N3O2S. The number of nitrogens with zero attached hydrogens (tertiary/aromatic N) is 2. The average molecular weight is 287 g/mol. The molecule has 0 fully saturated rings. The largest absolute Gasteiger partial charge is 0.379 e. The summed E-state index contributed by atoms with van der Waals surface area (Å²) >= 11 is 1.37. The standard InChI is InChI=1S/C14H13N3O2S/c1-14(12(18)16-13-15-7-8-20-13)9-11(17-19-14)10-5-3-2-4-6-10/h2-8H,9H2,1H3,(H,15,16,18). The Morgan fingerprint density at radius 3 is 2.90 bits per heavy atom. The highest BCUT2D eigenvalue weighted by atomic mass is 32.1. The first-order valence-electron chi connectivity index (χ1n) is 6.19. The molecule has 20 heavy (non-hydrogen) atoms. The predicted molar refractivity (Wildman–Crippen MR) is 77.8 cm³/mol. The Morgan fingerprint density at radius 2 is 2.20 bits per heavy atom. The molecule has 1 unspecified atom stereocenters. The zero-order chi connectivity index (χ0) is 14.0. The highest BCUT2D eigenvalue weighted by Gasteiger charge is 2.42. The summed E-state index contributed by atoms with van der Waals surface area (Å²) in [7, 11) is 0. The van der Waals surface area contributed by atoms with Gasteiger partial charge < -0.3 is 4.84 Å². The van der Waals surface area contributed by atoms with E-state index in [-0.39, 0.29) is 5.91 Å². The van der Waals surface area contributed by atoms with E-state index in [9.17, 15) is 4.79 Å². The monoisotopic (exact) mass is 287 g/mol. The van der Waals surface area contributed by atoms with Gasteiger partial charge in [-0.2, -0.15) is 0 Å². The van der Waals surface area contributed by atoms with Crippen LogP contribution in [0.3, 0.4) is 0 Å². The maximum absolute atomic E-state index is 12.3. The van der Waals surface area contributed by atoms with Crippen LogP contribution in [0.2, 0.25) is 0 Å². The molecule has 0 saturated carbocycles. The number of hydrogen-bond donors (Lipinski definition) is 1. The molecule has 1 amide bonds. The summed E-state index contributed by atoms with van der Waals surface area (Å²) in [5.41, 5.74) is 0.761. The molecule has 1 aliphatic rings. The minimum absolute atomic E-state index is 0.234. The molecule has 2 aromatic rings. The van der Waals surface area contributed by atoms with Crippen molar-refractivity contribution in [2.24, 2.45) is 5.16 Å². The Kier molecular flexibility index (Phi) is 3.23. The van der Waals surface area contributed by atoms with Gasteiger partial charge in [0, 0.05) is 18.0 Å². The van der Waals surface area contributed by atoms with Crippen LogP contribution in [0, 0.1) is 0 Å². The van der Waals surface area contributed by atoms with Crippen molar-refractivity contribution in [2.75, 3.05) is 5.32 Å².